The van der Waals surface area contributed by atoms with Gasteiger partial charge in [-0.05, 0) is 42.7 Å². The zero-order valence-corrected chi connectivity index (χ0v) is 10.2. The van der Waals surface area contributed by atoms with Crippen LogP contribution in [0.1, 0.15) is 25.3 Å². The van der Waals surface area contributed by atoms with Crippen molar-refractivity contribution in [2.75, 3.05) is 0 Å². The average Bonchev–Trinajstić information content (AvgIpc) is 3.11. The number of benzene rings is 1. The van der Waals surface area contributed by atoms with Gasteiger partial charge in [0.05, 0.1) is 11.8 Å². The van der Waals surface area contributed by atoms with E-state index in [0.717, 1.165) is 5.71 Å². The Morgan fingerprint density at radius 2 is 2.06 bits per heavy atom. The maximum Gasteiger partial charge on any atom is 0.0832 e. The van der Waals surface area contributed by atoms with E-state index in [-0.39, 0.29) is 6.04 Å². The molecule has 1 heterocycles. The third kappa shape index (κ3) is 1.22. The van der Waals surface area contributed by atoms with Crippen LogP contribution in [0.5, 0.6) is 0 Å². The second-order valence-electron chi connectivity index (χ2n) is 5.52. The predicted octanol–water partition coefficient (Wildman–Crippen LogP) is 3.44. The van der Waals surface area contributed by atoms with E-state index in [9.17, 15) is 5.21 Å². The first-order chi connectivity index (χ1) is 8.88. The second-order valence-corrected chi connectivity index (χ2v) is 5.52. The van der Waals surface area contributed by atoms with Crippen molar-refractivity contribution >= 4 is 16.6 Å². The summed E-state index contributed by atoms with van der Waals surface area (Å²) in [6, 6.07) is 10.8. The molecule has 1 aromatic carbocycles. The summed E-state index contributed by atoms with van der Waals surface area (Å²) in [7, 11) is 0. The number of para-hydroxylation sites is 1. The highest BCUT2D eigenvalue weighted by molar-refractivity contribution is 5.94. The summed E-state index contributed by atoms with van der Waals surface area (Å²) in [6.07, 6.45) is 5.79. The Hall–Kier alpha value is -1.77. The van der Waals surface area contributed by atoms with Gasteiger partial charge in [-0.3, -0.25) is 0 Å². The van der Waals surface area contributed by atoms with Crippen molar-refractivity contribution in [1.82, 2.24) is 4.57 Å². The van der Waals surface area contributed by atoms with Crippen LogP contribution in [0.2, 0.25) is 0 Å². The molecule has 2 aromatic rings. The Morgan fingerprint density at radius 3 is 2.94 bits per heavy atom. The van der Waals surface area contributed by atoms with Crippen LogP contribution in [0, 0.1) is 11.8 Å². The summed E-state index contributed by atoms with van der Waals surface area (Å²) in [4.78, 5) is 0. The molecule has 2 aliphatic rings. The highest BCUT2D eigenvalue weighted by atomic mass is 16.4. The third-order valence-corrected chi connectivity index (χ3v) is 4.69. The lowest BCUT2D eigenvalue weighted by molar-refractivity contribution is 0.307. The van der Waals surface area contributed by atoms with Crippen LogP contribution in [0.25, 0.3) is 10.9 Å². The van der Waals surface area contributed by atoms with Gasteiger partial charge in [-0.25, -0.2) is 0 Å². The first kappa shape index (κ1) is 10.2. The number of hydrogen-bond acceptors (Lipinski definition) is 2. The smallest absolute Gasteiger partial charge is 0.0832 e. The highest BCUT2D eigenvalue weighted by Crippen LogP contribution is 2.49. The van der Waals surface area contributed by atoms with Gasteiger partial charge in [0, 0.05) is 17.6 Å². The number of hydrogen-bond donors (Lipinski definition) is 1. The van der Waals surface area contributed by atoms with Crippen LogP contribution < -0.4 is 0 Å². The number of rotatable bonds is 1. The van der Waals surface area contributed by atoms with Gasteiger partial charge in [-0.15, -0.1) is 0 Å². The summed E-state index contributed by atoms with van der Waals surface area (Å²) in [5, 5.41) is 14.2. The largest absolute Gasteiger partial charge is 0.411 e. The van der Waals surface area contributed by atoms with Gasteiger partial charge in [0.15, 0.2) is 0 Å². The van der Waals surface area contributed by atoms with Gasteiger partial charge in [-0.2, -0.15) is 0 Å². The third-order valence-electron chi connectivity index (χ3n) is 4.69. The Kier molecular flexibility index (Phi) is 2.04. The predicted molar refractivity (Wildman–Crippen MR) is 71.0 cm³/mol. The molecular weight excluding hydrogens is 224 g/mol. The Labute approximate surface area is 106 Å². The van der Waals surface area contributed by atoms with E-state index in [2.05, 4.69) is 46.3 Å². The number of aromatic nitrogens is 1. The van der Waals surface area contributed by atoms with E-state index in [1.807, 2.05) is 0 Å². The van der Waals surface area contributed by atoms with E-state index in [1.54, 1.807) is 0 Å². The standard InChI is InChI=1S/C15H16N2O/c18-16-14-11-5-6-12(9-11)15(14)17-8-7-10-3-1-2-4-13(10)17/h1-4,7-8,11-12,15,18H,5-6,9H2/b16-14+/t11-,12+,15-/m0/s1. The topological polar surface area (TPSA) is 37.5 Å². The minimum absolute atomic E-state index is 0.272. The van der Waals surface area contributed by atoms with E-state index >= 15 is 0 Å². The fourth-order valence-corrected chi connectivity index (χ4v) is 3.91. The first-order valence-corrected chi connectivity index (χ1v) is 6.66. The quantitative estimate of drug-likeness (QED) is 0.601. The van der Waals surface area contributed by atoms with E-state index < -0.39 is 0 Å². The molecule has 0 unspecified atom stereocenters. The second kappa shape index (κ2) is 3.61. The van der Waals surface area contributed by atoms with Crippen LogP contribution in [0.3, 0.4) is 0 Å². The van der Waals surface area contributed by atoms with Gasteiger partial charge in [0.2, 0.25) is 0 Å². The normalized spacial score (nSPS) is 32.7. The van der Waals surface area contributed by atoms with E-state index in [1.165, 1.54) is 30.2 Å². The highest BCUT2D eigenvalue weighted by Gasteiger charge is 2.46. The molecule has 0 amide bonds. The molecule has 2 bridgehead atoms. The van der Waals surface area contributed by atoms with Crippen molar-refractivity contribution in [3.8, 4) is 0 Å². The molecule has 1 N–H and O–H groups in total. The average molecular weight is 240 g/mol. The minimum Gasteiger partial charge on any atom is -0.411 e. The van der Waals surface area contributed by atoms with Gasteiger partial charge in [0.1, 0.15) is 0 Å². The molecule has 1 aromatic heterocycles. The van der Waals surface area contributed by atoms with Crippen molar-refractivity contribution in [3.05, 3.63) is 36.5 Å². The summed E-state index contributed by atoms with van der Waals surface area (Å²) in [5.74, 6) is 1.16. The zero-order chi connectivity index (χ0) is 12.1. The van der Waals surface area contributed by atoms with Crippen LogP contribution in [-0.4, -0.2) is 15.5 Å². The van der Waals surface area contributed by atoms with Crippen LogP contribution in [-0.2, 0) is 0 Å². The van der Waals surface area contributed by atoms with Gasteiger partial charge < -0.3 is 9.77 Å². The maximum absolute atomic E-state index is 9.30. The van der Waals surface area contributed by atoms with Crippen LogP contribution >= 0.6 is 0 Å². The molecule has 92 valence electrons. The molecule has 2 fully saturated rings. The Morgan fingerprint density at radius 1 is 1.17 bits per heavy atom. The molecule has 0 saturated heterocycles. The molecule has 18 heavy (non-hydrogen) atoms. The summed E-state index contributed by atoms with van der Waals surface area (Å²) >= 11 is 0. The SMILES string of the molecule is O/N=C1\[C@H]2CC[C@H](C2)[C@@H]1n1ccc2ccccc21. The van der Waals surface area contributed by atoms with E-state index in [0.29, 0.717) is 11.8 Å². The lowest BCUT2D eigenvalue weighted by Crippen LogP contribution is -2.25. The molecule has 0 radical (unpaired) electrons. The lowest BCUT2D eigenvalue weighted by Gasteiger charge is -2.25. The van der Waals surface area contributed by atoms with Crippen molar-refractivity contribution < 1.29 is 5.21 Å². The molecule has 3 heteroatoms. The maximum atomic E-state index is 9.30. The number of nitrogens with zero attached hydrogens (tertiary/aromatic N) is 2. The molecule has 0 spiro atoms. The van der Waals surface area contributed by atoms with Crippen molar-refractivity contribution in [2.24, 2.45) is 17.0 Å². The molecular formula is C15H16N2O. The zero-order valence-electron chi connectivity index (χ0n) is 10.2. The monoisotopic (exact) mass is 240 g/mol. The fourth-order valence-electron chi connectivity index (χ4n) is 3.91. The van der Waals surface area contributed by atoms with Gasteiger partial charge in [-0.1, -0.05) is 23.4 Å². The summed E-state index contributed by atoms with van der Waals surface area (Å²) in [6.45, 7) is 0. The summed E-state index contributed by atoms with van der Waals surface area (Å²) in [5.41, 5.74) is 2.24. The molecule has 2 aliphatic carbocycles. The van der Waals surface area contributed by atoms with Gasteiger partial charge >= 0.3 is 0 Å². The fraction of sp³-hybridized carbons (Fsp3) is 0.400. The van der Waals surface area contributed by atoms with Crippen LogP contribution in [0.4, 0.5) is 0 Å². The number of fused-ring (bicyclic) bond motifs is 3. The molecule has 0 aliphatic heterocycles. The molecule has 3 nitrogen and oxygen atoms in total. The van der Waals surface area contributed by atoms with Crippen molar-refractivity contribution in [2.45, 2.75) is 25.3 Å². The van der Waals surface area contributed by atoms with Crippen molar-refractivity contribution in [1.29, 1.82) is 0 Å². The van der Waals surface area contributed by atoms with Crippen molar-refractivity contribution in [3.63, 3.8) is 0 Å². The Bertz CT molecular complexity index is 628. The molecule has 4 rings (SSSR count). The minimum atomic E-state index is 0.272. The molecule has 3 atom stereocenters. The number of oxime groups is 1. The van der Waals surface area contributed by atoms with E-state index in [4.69, 9.17) is 0 Å². The molecule has 2 saturated carbocycles. The first-order valence-electron chi connectivity index (χ1n) is 6.66. The Balaban J connectivity index is 1.88. The van der Waals surface area contributed by atoms with Crippen LogP contribution in [0.15, 0.2) is 41.7 Å². The summed E-state index contributed by atoms with van der Waals surface area (Å²) < 4.78 is 2.30. The van der Waals surface area contributed by atoms with Gasteiger partial charge in [0.25, 0.3) is 0 Å². The lowest BCUT2D eigenvalue weighted by atomic mass is 9.93.